The lowest BCUT2D eigenvalue weighted by Gasteiger charge is -2.30. The first-order chi connectivity index (χ1) is 8.79. The van der Waals surface area contributed by atoms with Crippen LogP contribution in [0.5, 0.6) is 0 Å². The molecule has 0 aliphatic heterocycles. The van der Waals surface area contributed by atoms with Crippen molar-refractivity contribution in [2.45, 2.75) is 50.9 Å². The summed E-state index contributed by atoms with van der Waals surface area (Å²) in [6, 6.07) is 2.04. The smallest absolute Gasteiger partial charge is 0.150 e. The second kappa shape index (κ2) is 5.54. The van der Waals surface area contributed by atoms with Gasteiger partial charge >= 0.3 is 0 Å². The van der Waals surface area contributed by atoms with Gasteiger partial charge in [-0.3, -0.25) is 0 Å². The zero-order valence-corrected chi connectivity index (χ0v) is 13.4. The largest absolute Gasteiger partial charge is 0.387 e. The Bertz CT molecular complexity index is 526. The first-order valence-corrected chi connectivity index (χ1v) is 9.50. The van der Waals surface area contributed by atoms with E-state index < -0.39 is 15.9 Å². The molecule has 0 amide bonds. The lowest BCUT2D eigenvalue weighted by atomic mass is 9.84. The Morgan fingerprint density at radius 1 is 1.37 bits per heavy atom. The predicted molar refractivity (Wildman–Crippen MR) is 79.3 cm³/mol. The lowest BCUT2D eigenvalue weighted by molar-refractivity contribution is 0.0887. The molecule has 1 fully saturated rings. The van der Waals surface area contributed by atoms with Gasteiger partial charge in [0.15, 0.2) is 0 Å². The number of aryl methyl sites for hydroxylation is 2. The molecule has 0 saturated heterocycles. The number of thiophene rings is 1. The third-order valence-corrected chi connectivity index (χ3v) is 7.06. The number of aliphatic hydroxyl groups excluding tert-OH is 1. The van der Waals surface area contributed by atoms with Crippen LogP contribution < -0.4 is 0 Å². The van der Waals surface area contributed by atoms with Gasteiger partial charge in [0.1, 0.15) is 9.84 Å². The molecular formula is C14H22O3S2. The Balaban J connectivity index is 2.13. The molecule has 108 valence electrons. The molecule has 1 aliphatic carbocycles. The van der Waals surface area contributed by atoms with Crippen molar-refractivity contribution in [1.29, 1.82) is 0 Å². The molecule has 3 atom stereocenters. The van der Waals surface area contributed by atoms with Gasteiger partial charge in [0.05, 0.1) is 11.4 Å². The van der Waals surface area contributed by atoms with E-state index in [0.29, 0.717) is 6.42 Å². The zero-order valence-electron chi connectivity index (χ0n) is 11.7. The fraction of sp³-hybridized carbons (Fsp3) is 0.714. The third kappa shape index (κ3) is 3.38. The van der Waals surface area contributed by atoms with Gasteiger partial charge in [0.2, 0.25) is 0 Å². The van der Waals surface area contributed by atoms with Crippen LogP contribution in [-0.4, -0.2) is 25.0 Å². The van der Waals surface area contributed by atoms with E-state index in [1.54, 1.807) is 11.3 Å². The summed E-state index contributed by atoms with van der Waals surface area (Å²) in [4.78, 5) is 2.21. The number of hydrogen-bond donors (Lipinski definition) is 1. The van der Waals surface area contributed by atoms with E-state index in [0.717, 1.165) is 24.1 Å². The van der Waals surface area contributed by atoms with E-state index in [2.05, 4.69) is 6.92 Å². The van der Waals surface area contributed by atoms with E-state index in [1.807, 2.05) is 13.0 Å². The van der Waals surface area contributed by atoms with Gasteiger partial charge in [-0.2, -0.15) is 0 Å². The molecule has 5 heteroatoms. The second-order valence-corrected chi connectivity index (χ2v) is 9.32. The number of aliphatic hydroxyl groups is 1. The van der Waals surface area contributed by atoms with Crippen molar-refractivity contribution in [2.75, 3.05) is 6.26 Å². The molecule has 1 aromatic heterocycles. The topological polar surface area (TPSA) is 54.4 Å². The standard InChI is InChI=1S/C14H22O3S2/c1-9-7-13(18-10(9)2)14(15)11-5-4-6-12(8-11)19(3,16)17/h7,11-12,14-15H,4-6,8H2,1-3H3. The lowest BCUT2D eigenvalue weighted by Crippen LogP contribution is -2.30. The van der Waals surface area contributed by atoms with E-state index >= 15 is 0 Å². The molecule has 1 aliphatic rings. The highest BCUT2D eigenvalue weighted by Gasteiger charge is 2.33. The Kier molecular flexibility index (Phi) is 4.38. The van der Waals surface area contributed by atoms with Crippen LogP contribution in [-0.2, 0) is 9.84 Å². The van der Waals surface area contributed by atoms with Crippen molar-refractivity contribution in [1.82, 2.24) is 0 Å². The van der Waals surface area contributed by atoms with Crippen molar-refractivity contribution in [3.05, 3.63) is 21.4 Å². The van der Waals surface area contributed by atoms with Gasteiger partial charge in [-0.25, -0.2) is 8.42 Å². The van der Waals surface area contributed by atoms with Gasteiger partial charge in [-0.1, -0.05) is 6.42 Å². The first-order valence-electron chi connectivity index (χ1n) is 6.73. The maximum Gasteiger partial charge on any atom is 0.150 e. The maximum absolute atomic E-state index is 11.7. The fourth-order valence-electron chi connectivity index (χ4n) is 2.84. The molecule has 0 radical (unpaired) electrons. The van der Waals surface area contributed by atoms with E-state index in [1.165, 1.54) is 16.7 Å². The van der Waals surface area contributed by atoms with Crippen molar-refractivity contribution in [3.8, 4) is 0 Å². The van der Waals surface area contributed by atoms with Crippen LogP contribution in [0.4, 0.5) is 0 Å². The van der Waals surface area contributed by atoms with Crippen LogP contribution in [0.1, 0.15) is 47.1 Å². The van der Waals surface area contributed by atoms with Gasteiger partial charge in [0, 0.05) is 16.0 Å². The molecule has 1 aromatic rings. The minimum Gasteiger partial charge on any atom is -0.387 e. The average Bonchev–Trinajstić information content (AvgIpc) is 2.68. The van der Waals surface area contributed by atoms with Crippen LogP contribution in [0.15, 0.2) is 6.07 Å². The Hall–Kier alpha value is -0.390. The second-order valence-electron chi connectivity index (χ2n) is 5.71. The van der Waals surface area contributed by atoms with Crippen LogP contribution in [0.25, 0.3) is 0 Å². The van der Waals surface area contributed by atoms with E-state index in [4.69, 9.17) is 0 Å². The molecule has 1 N–H and O–H groups in total. The third-order valence-electron chi connectivity index (χ3n) is 4.20. The minimum absolute atomic E-state index is 0.0749. The Morgan fingerprint density at radius 2 is 2.05 bits per heavy atom. The summed E-state index contributed by atoms with van der Waals surface area (Å²) in [6.45, 7) is 4.10. The van der Waals surface area contributed by atoms with E-state index in [-0.39, 0.29) is 11.2 Å². The van der Waals surface area contributed by atoms with Crippen LogP contribution >= 0.6 is 11.3 Å². The summed E-state index contributed by atoms with van der Waals surface area (Å²) in [5.74, 6) is 0.0749. The van der Waals surface area contributed by atoms with Crippen molar-refractivity contribution in [3.63, 3.8) is 0 Å². The maximum atomic E-state index is 11.7. The van der Waals surface area contributed by atoms with Gasteiger partial charge in [-0.15, -0.1) is 11.3 Å². The summed E-state index contributed by atoms with van der Waals surface area (Å²) in [6.07, 6.45) is 3.94. The van der Waals surface area contributed by atoms with Gasteiger partial charge in [0.25, 0.3) is 0 Å². The molecule has 19 heavy (non-hydrogen) atoms. The molecule has 0 aromatic carbocycles. The predicted octanol–water partition coefficient (Wildman–Crippen LogP) is 3.00. The van der Waals surface area contributed by atoms with Crippen molar-refractivity contribution >= 4 is 21.2 Å². The van der Waals surface area contributed by atoms with Crippen LogP contribution in [0, 0.1) is 19.8 Å². The number of rotatable bonds is 3. The summed E-state index contributed by atoms with van der Waals surface area (Å²) in [5, 5.41) is 10.2. The highest BCUT2D eigenvalue weighted by atomic mass is 32.2. The molecule has 2 rings (SSSR count). The molecule has 3 nitrogen and oxygen atoms in total. The summed E-state index contributed by atoms with van der Waals surface area (Å²) in [7, 11) is -2.99. The summed E-state index contributed by atoms with van der Waals surface area (Å²) >= 11 is 1.63. The average molecular weight is 302 g/mol. The SMILES string of the molecule is Cc1cc(C(O)C2CCCC(S(C)(=O)=O)C2)sc1C. The van der Waals surface area contributed by atoms with Gasteiger partial charge in [-0.05, 0) is 50.7 Å². The minimum atomic E-state index is -2.99. The molecule has 1 saturated carbocycles. The quantitative estimate of drug-likeness (QED) is 0.934. The normalized spacial score (nSPS) is 26.3. The number of sulfone groups is 1. The summed E-state index contributed by atoms with van der Waals surface area (Å²) in [5.41, 5.74) is 1.20. The highest BCUT2D eigenvalue weighted by molar-refractivity contribution is 7.91. The zero-order chi connectivity index (χ0) is 14.2. The van der Waals surface area contributed by atoms with Gasteiger partial charge < -0.3 is 5.11 Å². The van der Waals surface area contributed by atoms with Crippen LogP contribution in [0.3, 0.4) is 0 Å². The fourth-order valence-corrected chi connectivity index (χ4v) is 5.15. The van der Waals surface area contributed by atoms with Crippen molar-refractivity contribution in [2.24, 2.45) is 5.92 Å². The monoisotopic (exact) mass is 302 g/mol. The van der Waals surface area contributed by atoms with E-state index in [9.17, 15) is 13.5 Å². The molecule has 1 heterocycles. The van der Waals surface area contributed by atoms with Crippen LogP contribution in [0.2, 0.25) is 0 Å². The summed E-state index contributed by atoms with van der Waals surface area (Å²) < 4.78 is 23.3. The first kappa shape index (κ1) is 15.0. The van der Waals surface area contributed by atoms with Crippen molar-refractivity contribution < 1.29 is 13.5 Å². The number of hydrogen-bond acceptors (Lipinski definition) is 4. The molecule has 3 unspecified atom stereocenters. The highest BCUT2D eigenvalue weighted by Crippen LogP contribution is 2.39. The molecule has 0 spiro atoms. The molecule has 0 bridgehead atoms. The molecular weight excluding hydrogens is 280 g/mol. The Labute approximate surface area is 119 Å². The Morgan fingerprint density at radius 3 is 2.58 bits per heavy atom.